The predicted molar refractivity (Wildman–Crippen MR) is 231 cm³/mol. The molecular weight excluding hydrogens is 760 g/mol. The maximum atomic E-state index is 14.3. The van der Waals surface area contributed by atoms with Crippen molar-refractivity contribution in [3.8, 4) is 34.2 Å². The van der Waals surface area contributed by atoms with E-state index >= 15 is 0 Å². The lowest BCUT2D eigenvalue weighted by Crippen LogP contribution is -2.34. The van der Waals surface area contributed by atoms with Crippen LogP contribution in [0.2, 0.25) is 5.02 Å². The van der Waals surface area contributed by atoms with Gasteiger partial charge in [-0.3, -0.25) is 14.7 Å². The largest absolute Gasteiger partial charge is 0.480 e. The molecule has 1 aromatic heterocycles. The van der Waals surface area contributed by atoms with Crippen LogP contribution >= 0.6 is 23.6 Å². The predicted octanol–water partition coefficient (Wildman–Crippen LogP) is 11.7. The number of hydrogen-bond donors (Lipinski definition) is 3. The van der Waals surface area contributed by atoms with E-state index in [0.29, 0.717) is 52.1 Å². The molecule has 3 N–H and O–H groups in total. The second kappa shape index (κ2) is 19.8. The number of carbonyl (C=O) groups excluding carboxylic acids is 1. The van der Waals surface area contributed by atoms with E-state index in [9.17, 15) is 9.59 Å². The van der Waals surface area contributed by atoms with E-state index in [1.165, 1.54) is 10.2 Å². The van der Waals surface area contributed by atoms with Crippen LogP contribution in [0.15, 0.2) is 101 Å². The SMILES string of the molecule is CCCCNOOSc1ccc(Oc2c(-c3cccc(Cl)c3)[nH]n(-c3ccccc3NC(=O)C(CC)Oc3ccc(C(C)(C)CC)cc3C(C)(C)CC)c2=O)cc1. The van der Waals surface area contributed by atoms with Crippen molar-refractivity contribution in [3.63, 3.8) is 0 Å². The molecule has 304 valence electrons. The summed E-state index contributed by atoms with van der Waals surface area (Å²) in [7, 11) is 0. The number of nitrogens with one attached hydrogen (secondary N) is 3. The van der Waals surface area contributed by atoms with Gasteiger partial charge in [-0.05, 0) is 96.7 Å². The molecular formula is C45H55ClN4O6S. The van der Waals surface area contributed by atoms with E-state index in [1.54, 1.807) is 66.7 Å². The topological polar surface area (TPSA) is 116 Å². The molecule has 1 unspecified atom stereocenters. The van der Waals surface area contributed by atoms with Crippen LogP contribution in [0.25, 0.3) is 16.9 Å². The van der Waals surface area contributed by atoms with Gasteiger partial charge in [0, 0.05) is 27.6 Å². The van der Waals surface area contributed by atoms with Crippen molar-refractivity contribution >= 4 is 35.2 Å². The Labute approximate surface area is 345 Å². The fraction of sp³-hybridized carbons (Fsp3) is 0.378. The Morgan fingerprint density at radius 2 is 1.63 bits per heavy atom. The quantitative estimate of drug-likeness (QED) is 0.0308. The van der Waals surface area contributed by atoms with Gasteiger partial charge in [0.1, 0.15) is 17.2 Å². The monoisotopic (exact) mass is 814 g/mol. The van der Waals surface area contributed by atoms with E-state index in [1.807, 2.05) is 19.1 Å². The number of ether oxygens (including phenoxy) is 2. The zero-order valence-electron chi connectivity index (χ0n) is 34.2. The van der Waals surface area contributed by atoms with Crippen LogP contribution in [0.1, 0.15) is 98.6 Å². The van der Waals surface area contributed by atoms with E-state index in [4.69, 9.17) is 30.4 Å². The summed E-state index contributed by atoms with van der Waals surface area (Å²) in [4.78, 5) is 34.1. The third-order valence-electron chi connectivity index (χ3n) is 10.5. The number of amides is 1. The third-order valence-corrected chi connectivity index (χ3v) is 11.3. The first-order valence-corrected chi connectivity index (χ1v) is 20.8. The van der Waals surface area contributed by atoms with Crippen LogP contribution in [0.5, 0.6) is 17.2 Å². The number of para-hydroxylation sites is 2. The summed E-state index contributed by atoms with van der Waals surface area (Å²) in [6.45, 7) is 17.9. The highest BCUT2D eigenvalue weighted by atomic mass is 35.5. The van der Waals surface area contributed by atoms with Crippen LogP contribution in [0.4, 0.5) is 5.69 Å². The number of anilines is 1. The zero-order chi connectivity index (χ0) is 41.2. The maximum absolute atomic E-state index is 14.3. The van der Waals surface area contributed by atoms with Crippen molar-refractivity contribution in [2.45, 2.75) is 109 Å². The molecule has 0 saturated carbocycles. The number of carbonyl (C=O) groups is 1. The normalized spacial score (nSPS) is 12.4. The first kappa shape index (κ1) is 43.6. The van der Waals surface area contributed by atoms with Gasteiger partial charge < -0.3 is 14.8 Å². The molecule has 1 amide bonds. The summed E-state index contributed by atoms with van der Waals surface area (Å²) in [6.07, 6.45) is 3.53. The number of hydroxylamine groups is 1. The number of hydrogen-bond acceptors (Lipinski definition) is 8. The van der Waals surface area contributed by atoms with Gasteiger partial charge in [-0.2, -0.15) is 5.48 Å². The Morgan fingerprint density at radius 1 is 0.895 bits per heavy atom. The van der Waals surface area contributed by atoms with Crippen molar-refractivity contribution in [2.24, 2.45) is 0 Å². The summed E-state index contributed by atoms with van der Waals surface area (Å²) >= 11 is 7.44. The molecule has 1 heterocycles. The Balaban J connectivity index is 1.43. The fourth-order valence-electron chi connectivity index (χ4n) is 6.02. The van der Waals surface area contributed by atoms with Crippen molar-refractivity contribution in [1.29, 1.82) is 0 Å². The van der Waals surface area contributed by atoms with Crippen LogP contribution in [-0.4, -0.2) is 28.3 Å². The molecule has 0 saturated heterocycles. The second-order valence-electron chi connectivity index (χ2n) is 15.2. The Hall–Kier alpha value is -4.52. The number of halogens is 1. The maximum Gasteiger partial charge on any atom is 0.314 e. The number of H-pyrrole nitrogens is 1. The zero-order valence-corrected chi connectivity index (χ0v) is 35.7. The van der Waals surface area contributed by atoms with Crippen LogP contribution in [0, 0.1) is 0 Å². The first-order valence-electron chi connectivity index (χ1n) is 19.7. The van der Waals surface area contributed by atoms with Gasteiger partial charge in [0.2, 0.25) is 5.75 Å². The number of aromatic nitrogens is 2. The smallest absolute Gasteiger partial charge is 0.314 e. The van der Waals surface area contributed by atoms with Crippen molar-refractivity contribution in [3.05, 3.63) is 117 Å². The molecule has 5 rings (SSSR count). The molecule has 4 aromatic carbocycles. The first-order chi connectivity index (χ1) is 27.3. The Kier molecular flexibility index (Phi) is 15.1. The molecule has 1 atom stereocenters. The minimum atomic E-state index is -0.800. The van der Waals surface area contributed by atoms with E-state index < -0.39 is 11.7 Å². The van der Waals surface area contributed by atoms with Crippen molar-refractivity contribution < 1.29 is 23.6 Å². The summed E-state index contributed by atoms with van der Waals surface area (Å²) in [5.74, 6) is 0.829. The van der Waals surface area contributed by atoms with Crippen LogP contribution in [-0.2, 0) is 24.9 Å². The van der Waals surface area contributed by atoms with Crippen molar-refractivity contribution in [2.75, 3.05) is 11.9 Å². The van der Waals surface area contributed by atoms with Gasteiger partial charge in [0.15, 0.2) is 6.10 Å². The minimum Gasteiger partial charge on any atom is -0.480 e. The lowest BCUT2D eigenvalue weighted by atomic mass is 9.76. The average molecular weight is 815 g/mol. The van der Waals surface area contributed by atoms with Gasteiger partial charge >= 0.3 is 5.56 Å². The minimum absolute atomic E-state index is 0.00409. The van der Waals surface area contributed by atoms with Gasteiger partial charge in [0.05, 0.1) is 23.4 Å². The van der Waals surface area contributed by atoms with Crippen LogP contribution in [0.3, 0.4) is 0 Å². The number of aromatic amines is 1. The number of nitrogens with zero attached hydrogens (tertiary/aromatic N) is 1. The summed E-state index contributed by atoms with van der Waals surface area (Å²) in [5.41, 5.74) is 6.29. The van der Waals surface area contributed by atoms with Gasteiger partial charge in [-0.1, -0.05) is 110 Å². The molecule has 0 bridgehead atoms. The Bertz CT molecular complexity index is 2160. The third kappa shape index (κ3) is 10.9. The lowest BCUT2D eigenvalue weighted by molar-refractivity contribution is -0.244. The second-order valence-corrected chi connectivity index (χ2v) is 16.4. The molecule has 57 heavy (non-hydrogen) atoms. The summed E-state index contributed by atoms with van der Waals surface area (Å²) in [6, 6.07) is 27.6. The molecule has 0 aliphatic carbocycles. The molecule has 12 heteroatoms. The van der Waals surface area contributed by atoms with Gasteiger partial charge in [-0.15, -0.1) is 9.32 Å². The highest BCUT2D eigenvalue weighted by Gasteiger charge is 2.29. The standard InChI is InChI=1S/C45H55ClN4O6S/c1-9-13-27-47-55-56-57-34-24-22-33(23-25-34)53-41-40(30-17-16-18-32(46)28-30)49-50(43(41)52)37-20-15-14-19-36(37)48-42(51)38(10-2)54-39-26-21-31(44(5,6)11-3)29-35(39)45(7,8)12-4/h14-26,28-29,38,47,49H,9-13,27H2,1-8H3,(H,48,51). The summed E-state index contributed by atoms with van der Waals surface area (Å²) in [5, 5.41) is 6.78. The molecule has 10 nitrogen and oxygen atoms in total. The molecule has 0 aliphatic rings. The molecule has 0 fully saturated rings. The highest BCUT2D eigenvalue weighted by Crippen LogP contribution is 2.39. The van der Waals surface area contributed by atoms with Gasteiger partial charge in [0.25, 0.3) is 5.91 Å². The average Bonchev–Trinajstić information content (AvgIpc) is 3.53. The number of unbranched alkanes of at least 4 members (excludes halogenated alkanes) is 1. The number of benzene rings is 4. The van der Waals surface area contributed by atoms with E-state index in [0.717, 1.165) is 48.2 Å². The van der Waals surface area contributed by atoms with E-state index in [2.05, 4.69) is 76.5 Å². The van der Waals surface area contributed by atoms with Gasteiger partial charge in [-0.25, -0.2) is 4.68 Å². The Morgan fingerprint density at radius 3 is 2.32 bits per heavy atom. The molecule has 0 aliphatic heterocycles. The fourth-order valence-corrected chi connectivity index (χ4v) is 6.62. The molecule has 0 radical (unpaired) electrons. The van der Waals surface area contributed by atoms with Crippen LogP contribution < -0.4 is 25.8 Å². The number of rotatable bonds is 20. The lowest BCUT2D eigenvalue weighted by Gasteiger charge is -2.31. The van der Waals surface area contributed by atoms with E-state index in [-0.39, 0.29) is 22.5 Å². The molecule has 0 spiro atoms. The van der Waals surface area contributed by atoms with Crippen molar-refractivity contribution in [1.82, 2.24) is 15.3 Å². The molecule has 5 aromatic rings. The highest BCUT2D eigenvalue weighted by molar-refractivity contribution is 7.94. The summed E-state index contributed by atoms with van der Waals surface area (Å²) < 4.78 is 19.4.